The van der Waals surface area contributed by atoms with Crippen LogP contribution in [-0.4, -0.2) is 72.6 Å². The van der Waals surface area contributed by atoms with E-state index in [4.69, 9.17) is 18.9 Å². The molecule has 0 amide bonds. The lowest BCUT2D eigenvalue weighted by Gasteiger charge is -2.35. The molecule has 232 valence electrons. The molecule has 11 heteroatoms. The summed E-state index contributed by atoms with van der Waals surface area (Å²) in [5.74, 6) is -1.31. The number of hydrogen-bond acceptors (Lipinski definition) is 10. The maximum atomic E-state index is 11.6. The van der Waals surface area contributed by atoms with Gasteiger partial charge in [0.15, 0.2) is 17.5 Å². The second-order valence-corrected chi connectivity index (χ2v) is 10.8. The van der Waals surface area contributed by atoms with E-state index in [1.54, 1.807) is 20.8 Å². The van der Waals surface area contributed by atoms with E-state index >= 15 is 0 Å². The van der Waals surface area contributed by atoms with Gasteiger partial charge in [-0.25, -0.2) is 9.59 Å². The van der Waals surface area contributed by atoms with E-state index in [1.165, 1.54) is 12.8 Å². The van der Waals surface area contributed by atoms with Crippen LogP contribution in [0.25, 0.3) is 0 Å². The molecule has 2 aliphatic carbocycles. The Morgan fingerprint density at radius 3 is 2.07 bits per heavy atom. The van der Waals surface area contributed by atoms with Crippen LogP contribution in [-0.2, 0) is 47.7 Å². The summed E-state index contributed by atoms with van der Waals surface area (Å²) in [6.45, 7) is 14.4. The average molecular weight is 646 g/mol. The highest BCUT2D eigenvalue weighted by Crippen LogP contribution is 2.42. The van der Waals surface area contributed by atoms with Crippen molar-refractivity contribution < 1.29 is 47.7 Å². The van der Waals surface area contributed by atoms with Crippen molar-refractivity contribution >= 4 is 45.6 Å². The molecular formula is C30H45BrO10. The van der Waals surface area contributed by atoms with Crippen molar-refractivity contribution in [1.29, 1.82) is 0 Å². The zero-order chi connectivity index (χ0) is 30.8. The molecule has 4 aliphatic rings. The Hall–Kier alpha value is -2.53. The highest BCUT2D eigenvalue weighted by molar-refractivity contribution is 9.09. The van der Waals surface area contributed by atoms with Crippen LogP contribution in [0.2, 0.25) is 0 Å². The second kappa shape index (κ2) is 19.6. The third-order valence-electron chi connectivity index (χ3n) is 6.60. The van der Waals surface area contributed by atoms with Gasteiger partial charge in [0.05, 0.1) is 13.0 Å². The first-order valence-electron chi connectivity index (χ1n) is 14.2. The second-order valence-electron chi connectivity index (χ2n) is 10.3. The van der Waals surface area contributed by atoms with Crippen molar-refractivity contribution in [1.82, 2.24) is 0 Å². The van der Waals surface area contributed by atoms with E-state index in [-0.39, 0.29) is 30.2 Å². The first kappa shape index (κ1) is 36.5. The fourth-order valence-corrected chi connectivity index (χ4v) is 4.59. The monoisotopic (exact) mass is 644 g/mol. The van der Waals surface area contributed by atoms with E-state index in [1.807, 2.05) is 0 Å². The Labute approximate surface area is 251 Å². The molecule has 0 N–H and O–H groups in total. The van der Waals surface area contributed by atoms with Crippen molar-refractivity contribution in [3.05, 3.63) is 24.3 Å². The molecule has 0 bridgehead atoms. The molecule has 0 aromatic carbocycles. The minimum atomic E-state index is -0.717. The minimum Gasteiger partial charge on any atom is -0.465 e. The molecule has 2 saturated carbocycles. The van der Waals surface area contributed by atoms with E-state index < -0.39 is 23.6 Å². The number of ether oxygens (including phenoxy) is 5. The van der Waals surface area contributed by atoms with Gasteiger partial charge >= 0.3 is 23.9 Å². The van der Waals surface area contributed by atoms with Crippen molar-refractivity contribution in [3.63, 3.8) is 0 Å². The fraction of sp³-hybridized carbons (Fsp3) is 0.700. The van der Waals surface area contributed by atoms with Crippen LogP contribution in [0.15, 0.2) is 24.3 Å². The SMILES string of the molecule is C1CCOC1.C=C(C)C(=O)OC12CCCCC1OC(=O)C2.C=C(C)C(=O)OC1CCCCC1=O.CCOC(=O)CBr. The van der Waals surface area contributed by atoms with Gasteiger partial charge in [-0.15, -0.1) is 0 Å². The van der Waals surface area contributed by atoms with Crippen LogP contribution in [0.4, 0.5) is 0 Å². The summed E-state index contributed by atoms with van der Waals surface area (Å²) in [5, 5.41) is 0.292. The predicted molar refractivity (Wildman–Crippen MR) is 155 cm³/mol. The molecule has 41 heavy (non-hydrogen) atoms. The number of esters is 4. The molecule has 10 nitrogen and oxygen atoms in total. The zero-order valence-corrected chi connectivity index (χ0v) is 26.2. The standard InChI is InChI=1S/C12H16O4.C10H14O3.C4H7BrO2.C4H8O/c1-8(2)11(14)16-12-6-4-3-5-9(12)15-10(13)7-12;1-7(2)10(12)13-9-6-4-3-5-8(9)11;1-2-7-4(6)3-5;1-2-4-5-3-1/h9H,1,3-7H2,2H3;9H,1,3-6H2,2H3;2-3H2,1H3;1-4H2. The van der Waals surface area contributed by atoms with Crippen LogP contribution in [0.5, 0.6) is 0 Å². The van der Waals surface area contributed by atoms with Gasteiger partial charge in [0.1, 0.15) is 11.4 Å². The average Bonchev–Trinajstić information content (AvgIpc) is 3.62. The lowest BCUT2D eigenvalue weighted by Crippen LogP contribution is -2.45. The van der Waals surface area contributed by atoms with Crippen LogP contribution in [0.3, 0.4) is 0 Å². The van der Waals surface area contributed by atoms with Crippen LogP contribution in [0, 0.1) is 0 Å². The number of halogens is 1. The molecule has 0 aromatic rings. The van der Waals surface area contributed by atoms with Crippen LogP contribution in [0.1, 0.15) is 91.4 Å². The van der Waals surface area contributed by atoms with Gasteiger partial charge in [0, 0.05) is 30.8 Å². The van der Waals surface area contributed by atoms with Gasteiger partial charge in [-0.2, -0.15) is 0 Å². The number of ketones is 1. The Morgan fingerprint density at radius 2 is 1.59 bits per heavy atom. The number of fused-ring (bicyclic) bond motifs is 1. The summed E-state index contributed by atoms with van der Waals surface area (Å²) in [6.07, 6.45) is 8.54. The largest absolute Gasteiger partial charge is 0.465 e. The van der Waals surface area contributed by atoms with Crippen LogP contribution >= 0.6 is 15.9 Å². The zero-order valence-electron chi connectivity index (χ0n) is 24.6. The maximum Gasteiger partial charge on any atom is 0.333 e. The molecule has 4 fully saturated rings. The molecule has 3 unspecified atom stereocenters. The summed E-state index contributed by atoms with van der Waals surface area (Å²) < 4.78 is 25.1. The fourth-order valence-electron chi connectivity index (χ4n) is 4.43. The third kappa shape index (κ3) is 13.8. The predicted octanol–water partition coefficient (Wildman–Crippen LogP) is 5.09. The van der Waals surface area contributed by atoms with Gasteiger partial charge in [-0.05, 0) is 78.6 Å². The van der Waals surface area contributed by atoms with Gasteiger partial charge in [0.25, 0.3) is 0 Å². The number of Topliss-reactive ketones (excluding diaryl/α,β-unsaturated/α-hetero) is 1. The van der Waals surface area contributed by atoms with E-state index in [2.05, 4.69) is 33.8 Å². The smallest absolute Gasteiger partial charge is 0.333 e. The van der Waals surface area contributed by atoms with E-state index in [9.17, 15) is 24.0 Å². The molecule has 2 aliphatic heterocycles. The lowest BCUT2D eigenvalue weighted by molar-refractivity contribution is -0.166. The lowest BCUT2D eigenvalue weighted by atomic mass is 9.81. The molecule has 2 heterocycles. The van der Waals surface area contributed by atoms with Gasteiger partial charge in [-0.3, -0.25) is 14.4 Å². The van der Waals surface area contributed by atoms with Gasteiger partial charge in [0.2, 0.25) is 0 Å². The maximum absolute atomic E-state index is 11.6. The van der Waals surface area contributed by atoms with E-state index in [0.29, 0.717) is 42.3 Å². The van der Waals surface area contributed by atoms with Crippen molar-refractivity contribution in [2.45, 2.75) is 109 Å². The first-order chi connectivity index (χ1) is 19.5. The first-order valence-corrected chi connectivity index (χ1v) is 15.3. The molecule has 4 rings (SSSR count). The summed E-state index contributed by atoms with van der Waals surface area (Å²) >= 11 is 2.94. The summed E-state index contributed by atoms with van der Waals surface area (Å²) in [6, 6.07) is 0. The summed E-state index contributed by atoms with van der Waals surface area (Å²) in [7, 11) is 0. The highest BCUT2D eigenvalue weighted by Gasteiger charge is 2.53. The number of rotatable bonds is 6. The van der Waals surface area contributed by atoms with Crippen molar-refractivity contribution in [3.8, 4) is 0 Å². The van der Waals surface area contributed by atoms with Crippen molar-refractivity contribution in [2.24, 2.45) is 0 Å². The quantitative estimate of drug-likeness (QED) is 0.167. The Bertz CT molecular complexity index is 919. The Morgan fingerprint density at radius 1 is 0.951 bits per heavy atom. The highest BCUT2D eigenvalue weighted by atomic mass is 79.9. The molecule has 3 atom stereocenters. The normalized spacial score (nSPS) is 24.3. The summed E-state index contributed by atoms with van der Waals surface area (Å²) in [5.41, 5.74) is -0.0119. The molecule has 0 spiro atoms. The van der Waals surface area contributed by atoms with E-state index in [0.717, 1.165) is 45.3 Å². The van der Waals surface area contributed by atoms with Crippen LogP contribution < -0.4 is 0 Å². The molecule has 2 saturated heterocycles. The number of carbonyl (C=O) groups excluding carboxylic acids is 5. The Kier molecular flexibility index (Phi) is 17.4. The molecular weight excluding hydrogens is 600 g/mol. The van der Waals surface area contributed by atoms with Crippen molar-refractivity contribution in [2.75, 3.05) is 25.2 Å². The number of hydrogen-bond donors (Lipinski definition) is 0. The number of alkyl halides is 1. The topological polar surface area (TPSA) is 132 Å². The van der Waals surface area contributed by atoms with Gasteiger partial charge < -0.3 is 23.7 Å². The number of carbonyl (C=O) groups is 5. The summed E-state index contributed by atoms with van der Waals surface area (Å²) in [4.78, 5) is 55.4. The Balaban J connectivity index is 0.000000299. The molecule has 0 radical (unpaired) electrons. The minimum absolute atomic E-state index is 0.0425. The third-order valence-corrected chi connectivity index (χ3v) is 7.06. The molecule has 0 aromatic heterocycles. The van der Waals surface area contributed by atoms with Gasteiger partial charge in [-0.1, -0.05) is 29.1 Å².